The lowest BCUT2D eigenvalue weighted by atomic mass is 10.1. The molecule has 3 nitrogen and oxygen atoms in total. The highest BCUT2D eigenvalue weighted by Crippen LogP contribution is 2.30. The van der Waals surface area contributed by atoms with Gasteiger partial charge in [0.15, 0.2) is 0 Å². The van der Waals surface area contributed by atoms with E-state index in [0.717, 1.165) is 18.3 Å². The van der Waals surface area contributed by atoms with Crippen LogP contribution in [0, 0.1) is 13.8 Å². The Morgan fingerprint density at radius 2 is 2.21 bits per heavy atom. The predicted molar refractivity (Wildman–Crippen MR) is 76.4 cm³/mol. The molecule has 3 rings (SSSR count). The Labute approximate surface area is 117 Å². The molecule has 1 heterocycles. The maximum Gasteiger partial charge on any atom is 0.260 e. The van der Waals surface area contributed by atoms with Crippen LogP contribution in [0.5, 0.6) is 0 Å². The van der Waals surface area contributed by atoms with Gasteiger partial charge in [0.05, 0.1) is 5.69 Å². The fourth-order valence-electron chi connectivity index (χ4n) is 1.96. The minimum Gasteiger partial charge on any atom is -0.439 e. The molecular weight excluding hydrogens is 256 g/mol. The van der Waals surface area contributed by atoms with Gasteiger partial charge in [-0.1, -0.05) is 12.1 Å². The van der Waals surface area contributed by atoms with Crippen LogP contribution in [0.2, 0.25) is 0 Å². The van der Waals surface area contributed by atoms with Crippen LogP contribution < -0.4 is 5.32 Å². The molecule has 0 bridgehead atoms. The lowest BCUT2D eigenvalue weighted by Crippen LogP contribution is -2.15. The Balaban J connectivity index is 1.67. The average Bonchev–Trinajstić information content (AvgIpc) is 3.13. The molecule has 1 saturated carbocycles. The first kappa shape index (κ1) is 12.8. The van der Waals surface area contributed by atoms with Gasteiger partial charge in [0.1, 0.15) is 6.26 Å². The maximum atomic E-state index is 5.38. The van der Waals surface area contributed by atoms with Crippen LogP contribution in [0.25, 0.3) is 0 Å². The van der Waals surface area contributed by atoms with Gasteiger partial charge < -0.3 is 9.73 Å². The predicted octanol–water partition coefficient (Wildman–Crippen LogP) is 3.69. The first-order valence-electron chi connectivity index (χ1n) is 6.63. The lowest BCUT2D eigenvalue weighted by Gasteiger charge is -2.07. The van der Waals surface area contributed by atoms with Crippen molar-refractivity contribution in [1.29, 1.82) is 0 Å². The van der Waals surface area contributed by atoms with E-state index in [1.54, 1.807) is 18.0 Å². The number of benzene rings is 1. The molecule has 0 radical (unpaired) electrons. The summed E-state index contributed by atoms with van der Waals surface area (Å²) in [5.41, 5.74) is 3.54. The fourth-order valence-corrected chi connectivity index (χ4v) is 2.79. The highest BCUT2D eigenvalue weighted by atomic mass is 32.2. The van der Waals surface area contributed by atoms with E-state index in [1.165, 1.54) is 28.9 Å². The van der Waals surface area contributed by atoms with E-state index in [0.29, 0.717) is 5.22 Å². The van der Waals surface area contributed by atoms with E-state index in [-0.39, 0.29) is 0 Å². The Morgan fingerprint density at radius 1 is 1.37 bits per heavy atom. The van der Waals surface area contributed by atoms with Crippen LogP contribution in [-0.4, -0.2) is 11.0 Å². The van der Waals surface area contributed by atoms with Gasteiger partial charge in [0.2, 0.25) is 0 Å². The molecule has 0 amide bonds. The number of rotatable bonds is 5. The molecule has 1 fully saturated rings. The number of aromatic nitrogens is 1. The van der Waals surface area contributed by atoms with E-state index in [1.807, 2.05) is 6.92 Å². The Bertz CT molecular complexity index is 575. The highest BCUT2D eigenvalue weighted by Gasteiger charge is 2.19. The van der Waals surface area contributed by atoms with Crippen molar-refractivity contribution in [2.75, 3.05) is 0 Å². The number of hydrogen-bond acceptors (Lipinski definition) is 4. The van der Waals surface area contributed by atoms with Crippen LogP contribution in [0.3, 0.4) is 0 Å². The Kier molecular flexibility index (Phi) is 3.62. The minimum absolute atomic E-state index is 0.712. The molecule has 19 heavy (non-hydrogen) atoms. The molecule has 1 N–H and O–H groups in total. The molecule has 0 aliphatic heterocycles. The fraction of sp³-hybridized carbons (Fsp3) is 0.400. The number of nitrogens with one attached hydrogen (secondary N) is 1. The minimum atomic E-state index is 0.712. The molecular formula is C15H18N2OS. The zero-order valence-electron chi connectivity index (χ0n) is 11.3. The van der Waals surface area contributed by atoms with Crippen molar-refractivity contribution in [3.05, 3.63) is 41.3 Å². The Hall–Kier alpha value is -1.26. The summed E-state index contributed by atoms with van der Waals surface area (Å²) in [5.74, 6) is 0. The van der Waals surface area contributed by atoms with E-state index in [2.05, 4.69) is 35.4 Å². The van der Waals surface area contributed by atoms with Crippen LogP contribution in [0.4, 0.5) is 0 Å². The quantitative estimate of drug-likeness (QED) is 0.902. The smallest absolute Gasteiger partial charge is 0.260 e. The normalized spacial score (nSPS) is 14.8. The van der Waals surface area contributed by atoms with Gasteiger partial charge >= 0.3 is 0 Å². The SMILES string of the molecule is Cc1coc(Sc2ccc(CNC3CC3)cc2C)n1. The summed E-state index contributed by atoms with van der Waals surface area (Å²) in [6.45, 7) is 5.04. The number of aryl methyl sites for hydroxylation is 2. The van der Waals surface area contributed by atoms with Gasteiger partial charge in [0, 0.05) is 17.5 Å². The zero-order valence-corrected chi connectivity index (χ0v) is 12.1. The van der Waals surface area contributed by atoms with Crippen molar-refractivity contribution in [2.45, 2.75) is 49.4 Å². The molecule has 0 unspecified atom stereocenters. The molecule has 1 aliphatic rings. The monoisotopic (exact) mass is 274 g/mol. The second kappa shape index (κ2) is 5.39. The first-order valence-corrected chi connectivity index (χ1v) is 7.45. The molecule has 1 aromatic heterocycles. The standard InChI is InChI=1S/C15H18N2OS/c1-10-7-12(8-16-13-4-5-13)3-6-14(10)19-15-17-11(2)9-18-15/h3,6-7,9,13,16H,4-5,8H2,1-2H3. The van der Waals surface area contributed by atoms with Crippen molar-refractivity contribution in [3.8, 4) is 0 Å². The van der Waals surface area contributed by atoms with Gasteiger partial charge in [0.25, 0.3) is 5.22 Å². The topological polar surface area (TPSA) is 38.1 Å². The highest BCUT2D eigenvalue weighted by molar-refractivity contribution is 7.99. The van der Waals surface area contributed by atoms with E-state index >= 15 is 0 Å². The third kappa shape index (κ3) is 3.39. The van der Waals surface area contributed by atoms with Gasteiger partial charge in [-0.3, -0.25) is 0 Å². The van der Waals surface area contributed by atoms with Crippen molar-refractivity contribution >= 4 is 11.8 Å². The molecule has 0 atom stereocenters. The Morgan fingerprint density at radius 3 is 2.84 bits per heavy atom. The largest absolute Gasteiger partial charge is 0.439 e. The van der Waals surface area contributed by atoms with Crippen LogP contribution >= 0.6 is 11.8 Å². The van der Waals surface area contributed by atoms with Crippen molar-refractivity contribution < 1.29 is 4.42 Å². The summed E-state index contributed by atoms with van der Waals surface area (Å²) in [4.78, 5) is 5.53. The van der Waals surface area contributed by atoms with E-state index in [4.69, 9.17) is 4.42 Å². The molecule has 4 heteroatoms. The average molecular weight is 274 g/mol. The molecule has 1 aromatic carbocycles. The molecule has 100 valence electrons. The number of nitrogens with zero attached hydrogens (tertiary/aromatic N) is 1. The van der Waals surface area contributed by atoms with Crippen LogP contribution in [0.15, 0.2) is 39.0 Å². The summed E-state index contributed by atoms with van der Waals surface area (Å²) in [7, 11) is 0. The third-order valence-corrected chi connectivity index (χ3v) is 4.25. The summed E-state index contributed by atoms with van der Waals surface area (Å²) < 4.78 is 5.38. The third-order valence-electron chi connectivity index (χ3n) is 3.21. The van der Waals surface area contributed by atoms with E-state index in [9.17, 15) is 0 Å². The zero-order chi connectivity index (χ0) is 13.2. The molecule has 2 aromatic rings. The first-order chi connectivity index (χ1) is 9.20. The molecule has 1 aliphatic carbocycles. The van der Waals surface area contributed by atoms with Gasteiger partial charge in [-0.2, -0.15) is 0 Å². The van der Waals surface area contributed by atoms with Gasteiger partial charge in [-0.05, 0) is 55.6 Å². The molecule has 0 spiro atoms. The second-order valence-corrected chi connectivity index (χ2v) is 6.11. The molecule has 0 saturated heterocycles. The number of oxazole rings is 1. The van der Waals surface area contributed by atoms with E-state index < -0.39 is 0 Å². The summed E-state index contributed by atoms with van der Waals surface area (Å²) >= 11 is 1.58. The van der Waals surface area contributed by atoms with Crippen LogP contribution in [-0.2, 0) is 6.54 Å². The van der Waals surface area contributed by atoms with Gasteiger partial charge in [-0.15, -0.1) is 0 Å². The summed E-state index contributed by atoms with van der Waals surface area (Å²) in [6.07, 6.45) is 4.35. The summed E-state index contributed by atoms with van der Waals surface area (Å²) in [6, 6.07) is 7.34. The van der Waals surface area contributed by atoms with Crippen LogP contribution in [0.1, 0.15) is 29.7 Å². The maximum absolute atomic E-state index is 5.38. The van der Waals surface area contributed by atoms with Gasteiger partial charge in [-0.25, -0.2) is 4.98 Å². The summed E-state index contributed by atoms with van der Waals surface area (Å²) in [5, 5.41) is 4.25. The lowest BCUT2D eigenvalue weighted by molar-refractivity contribution is 0.454. The van der Waals surface area contributed by atoms with Crippen molar-refractivity contribution in [2.24, 2.45) is 0 Å². The number of hydrogen-bond donors (Lipinski definition) is 1. The van der Waals surface area contributed by atoms with Crippen molar-refractivity contribution in [3.63, 3.8) is 0 Å². The van der Waals surface area contributed by atoms with Crippen molar-refractivity contribution in [1.82, 2.24) is 10.3 Å². The second-order valence-electron chi connectivity index (χ2n) is 5.11.